The predicted molar refractivity (Wildman–Crippen MR) is 69.5 cm³/mol. The summed E-state index contributed by atoms with van der Waals surface area (Å²) in [7, 11) is 5.94. The number of aliphatic hydroxyl groups excluding tert-OH is 1. The second-order valence-corrected chi connectivity index (χ2v) is 3.86. The standard InChI is InChI=1S/C12H18N2O5/c1-14(13-16)7-9(15)8-5-6-10(17-2)12(19-4)11(8)18-3/h5-6,9,15H,7H2,1-4H3. The summed E-state index contributed by atoms with van der Waals surface area (Å²) in [5.74, 6) is 1.26. The van der Waals surface area contributed by atoms with Crippen molar-refractivity contribution in [3.05, 3.63) is 22.6 Å². The van der Waals surface area contributed by atoms with E-state index in [0.29, 0.717) is 22.8 Å². The minimum atomic E-state index is -0.933. The van der Waals surface area contributed by atoms with Crippen molar-refractivity contribution in [2.75, 3.05) is 34.9 Å². The normalized spacial score (nSPS) is 11.6. The van der Waals surface area contributed by atoms with Crippen molar-refractivity contribution in [1.82, 2.24) is 5.01 Å². The van der Waals surface area contributed by atoms with Gasteiger partial charge < -0.3 is 19.3 Å². The van der Waals surface area contributed by atoms with E-state index in [0.717, 1.165) is 5.01 Å². The number of hydrogen-bond donors (Lipinski definition) is 1. The van der Waals surface area contributed by atoms with Crippen molar-refractivity contribution in [2.45, 2.75) is 6.10 Å². The van der Waals surface area contributed by atoms with Gasteiger partial charge in [-0.2, -0.15) is 0 Å². The summed E-state index contributed by atoms with van der Waals surface area (Å²) in [4.78, 5) is 10.3. The number of likely N-dealkylation sites (N-methyl/N-ethyl adjacent to an activating group) is 1. The zero-order valence-corrected chi connectivity index (χ0v) is 11.4. The lowest BCUT2D eigenvalue weighted by Gasteiger charge is -2.20. The van der Waals surface area contributed by atoms with Crippen LogP contribution in [0.15, 0.2) is 17.4 Å². The molecular weight excluding hydrogens is 252 g/mol. The van der Waals surface area contributed by atoms with Crippen LogP contribution in [0.25, 0.3) is 0 Å². The number of methoxy groups -OCH3 is 3. The predicted octanol–water partition coefficient (Wildman–Crippen LogP) is 1.36. The summed E-state index contributed by atoms with van der Waals surface area (Å²) in [6.45, 7) is 0.0509. The van der Waals surface area contributed by atoms with Gasteiger partial charge in [-0.15, -0.1) is 4.91 Å². The average molecular weight is 270 g/mol. The van der Waals surface area contributed by atoms with Crippen LogP contribution in [-0.4, -0.2) is 45.0 Å². The van der Waals surface area contributed by atoms with E-state index in [9.17, 15) is 10.0 Å². The van der Waals surface area contributed by atoms with Crippen molar-refractivity contribution < 1.29 is 19.3 Å². The molecule has 106 valence electrons. The number of ether oxygens (including phenoxy) is 3. The van der Waals surface area contributed by atoms with E-state index in [2.05, 4.69) is 5.29 Å². The highest BCUT2D eigenvalue weighted by Crippen LogP contribution is 2.42. The lowest BCUT2D eigenvalue weighted by Crippen LogP contribution is -2.19. The third kappa shape index (κ3) is 3.25. The number of rotatable bonds is 7. The van der Waals surface area contributed by atoms with E-state index in [4.69, 9.17) is 14.2 Å². The third-order valence-corrected chi connectivity index (χ3v) is 2.67. The van der Waals surface area contributed by atoms with E-state index >= 15 is 0 Å². The first-order valence-electron chi connectivity index (χ1n) is 5.60. The molecule has 0 saturated heterocycles. The van der Waals surface area contributed by atoms with E-state index in [1.54, 1.807) is 12.1 Å². The van der Waals surface area contributed by atoms with Gasteiger partial charge in [0.25, 0.3) is 0 Å². The molecule has 0 aliphatic rings. The summed E-state index contributed by atoms with van der Waals surface area (Å²) in [5.41, 5.74) is 0.496. The van der Waals surface area contributed by atoms with Crippen molar-refractivity contribution in [2.24, 2.45) is 5.29 Å². The number of nitroso groups, excluding NO2 is 1. The number of aliphatic hydroxyl groups is 1. The molecule has 0 saturated carbocycles. The van der Waals surface area contributed by atoms with Crippen LogP contribution in [0.4, 0.5) is 0 Å². The van der Waals surface area contributed by atoms with Crippen LogP contribution in [-0.2, 0) is 0 Å². The highest BCUT2D eigenvalue weighted by molar-refractivity contribution is 5.56. The second-order valence-electron chi connectivity index (χ2n) is 3.86. The number of hydrogen-bond acceptors (Lipinski definition) is 6. The minimum absolute atomic E-state index is 0.0509. The highest BCUT2D eigenvalue weighted by Gasteiger charge is 2.21. The van der Waals surface area contributed by atoms with Gasteiger partial charge in [0.05, 0.1) is 33.2 Å². The minimum Gasteiger partial charge on any atom is -0.493 e. The molecule has 0 aliphatic heterocycles. The molecule has 19 heavy (non-hydrogen) atoms. The molecule has 0 aliphatic carbocycles. The van der Waals surface area contributed by atoms with Crippen LogP contribution in [0.1, 0.15) is 11.7 Å². The molecular formula is C12H18N2O5. The fraction of sp³-hybridized carbons (Fsp3) is 0.500. The maximum Gasteiger partial charge on any atom is 0.203 e. The topological polar surface area (TPSA) is 80.6 Å². The molecule has 0 amide bonds. The maximum absolute atomic E-state index is 10.3. The van der Waals surface area contributed by atoms with Gasteiger partial charge in [0.15, 0.2) is 11.5 Å². The first kappa shape index (κ1) is 15.0. The molecule has 1 aromatic rings. The Balaban J connectivity index is 3.16. The Morgan fingerprint density at radius 3 is 2.32 bits per heavy atom. The van der Waals surface area contributed by atoms with E-state index < -0.39 is 6.10 Å². The molecule has 0 bridgehead atoms. The SMILES string of the molecule is COc1ccc(C(O)CN(C)N=O)c(OC)c1OC. The molecule has 0 spiro atoms. The molecule has 1 aromatic carbocycles. The summed E-state index contributed by atoms with van der Waals surface area (Å²) in [6.07, 6.45) is -0.933. The van der Waals surface area contributed by atoms with Crippen LogP contribution in [0.5, 0.6) is 17.2 Å². The third-order valence-electron chi connectivity index (χ3n) is 2.67. The number of benzene rings is 1. The lowest BCUT2D eigenvalue weighted by molar-refractivity contribution is 0.124. The van der Waals surface area contributed by atoms with E-state index in [-0.39, 0.29) is 6.54 Å². The van der Waals surface area contributed by atoms with E-state index in [1.165, 1.54) is 28.4 Å². The molecule has 1 N–H and O–H groups in total. The summed E-state index contributed by atoms with van der Waals surface area (Å²) in [5, 5.41) is 13.9. The largest absolute Gasteiger partial charge is 0.493 e. The summed E-state index contributed by atoms with van der Waals surface area (Å²) >= 11 is 0. The Hall–Kier alpha value is -2.02. The first-order chi connectivity index (χ1) is 9.08. The molecule has 0 radical (unpaired) electrons. The monoisotopic (exact) mass is 270 g/mol. The lowest BCUT2D eigenvalue weighted by atomic mass is 10.1. The van der Waals surface area contributed by atoms with Gasteiger partial charge in [-0.25, -0.2) is 0 Å². The maximum atomic E-state index is 10.3. The molecule has 0 aromatic heterocycles. The van der Waals surface area contributed by atoms with Crippen LogP contribution in [0.2, 0.25) is 0 Å². The zero-order valence-electron chi connectivity index (χ0n) is 11.4. The van der Waals surface area contributed by atoms with Crippen LogP contribution in [0.3, 0.4) is 0 Å². The van der Waals surface area contributed by atoms with E-state index in [1.807, 2.05) is 0 Å². The highest BCUT2D eigenvalue weighted by atomic mass is 16.5. The smallest absolute Gasteiger partial charge is 0.203 e. The molecule has 1 atom stereocenters. The Morgan fingerprint density at radius 2 is 1.84 bits per heavy atom. The quantitative estimate of drug-likeness (QED) is 0.595. The van der Waals surface area contributed by atoms with Gasteiger partial charge in [0, 0.05) is 12.6 Å². The van der Waals surface area contributed by atoms with Crippen molar-refractivity contribution >= 4 is 0 Å². The second kappa shape index (κ2) is 6.79. The van der Waals surface area contributed by atoms with Gasteiger partial charge in [0.2, 0.25) is 5.75 Å². The van der Waals surface area contributed by atoms with Crippen molar-refractivity contribution in [3.8, 4) is 17.2 Å². The Labute approximate surface area is 111 Å². The van der Waals surface area contributed by atoms with Gasteiger partial charge >= 0.3 is 0 Å². The summed E-state index contributed by atoms with van der Waals surface area (Å²) in [6, 6.07) is 3.32. The number of nitrogens with zero attached hydrogens (tertiary/aromatic N) is 2. The molecule has 0 fully saturated rings. The molecule has 1 rings (SSSR count). The molecule has 7 heteroatoms. The Kier molecular flexibility index (Phi) is 5.37. The Bertz CT molecular complexity index is 438. The zero-order chi connectivity index (χ0) is 14.4. The van der Waals surface area contributed by atoms with Crippen molar-refractivity contribution in [3.63, 3.8) is 0 Å². The average Bonchev–Trinajstić information content (AvgIpc) is 2.44. The van der Waals surface area contributed by atoms with Gasteiger partial charge in [0.1, 0.15) is 6.10 Å². The summed E-state index contributed by atoms with van der Waals surface area (Å²) < 4.78 is 15.6. The fourth-order valence-corrected chi connectivity index (χ4v) is 1.77. The van der Waals surface area contributed by atoms with Crippen LogP contribution >= 0.6 is 0 Å². The first-order valence-corrected chi connectivity index (χ1v) is 5.60. The van der Waals surface area contributed by atoms with Gasteiger partial charge in [-0.1, -0.05) is 0 Å². The molecule has 1 unspecified atom stereocenters. The fourth-order valence-electron chi connectivity index (χ4n) is 1.77. The molecule has 0 heterocycles. The molecule has 7 nitrogen and oxygen atoms in total. The van der Waals surface area contributed by atoms with Crippen molar-refractivity contribution in [1.29, 1.82) is 0 Å². The van der Waals surface area contributed by atoms with Crippen LogP contribution in [0, 0.1) is 4.91 Å². The van der Waals surface area contributed by atoms with Crippen LogP contribution < -0.4 is 14.2 Å². The Morgan fingerprint density at radius 1 is 1.21 bits per heavy atom. The van der Waals surface area contributed by atoms with Gasteiger partial charge in [-0.05, 0) is 12.1 Å². The van der Waals surface area contributed by atoms with Gasteiger partial charge in [-0.3, -0.25) is 5.01 Å².